The molecule has 0 fully saturated rings. The molecule has 0 amide bonds. The predicted molar refractivity (Wildman–Crippen MR) is 29.8 cm³/mol. The third-order valence-corrected chi connectivity index (χ3v) is 1.15. The second-order valence-corrected chi connectivity index (χ2v) is 2.52. The number of rotatable bonds is 1. The second-order valence-electron chi connectivity index (χ2n) is 1.11. The zero-order chi connectivity index (χ0) is 5.91. The molecule has 0 aliphatic heterocycles. The van der Waals surface area contributed by atoms with Crippen molar-refractivity contribution in [1.82, 2.24) is 0 Å². The van der Waals surface area contributed by atoms with Gasteiger partial charge in [-0.1, -0.05) is 6.92 Å². The summed E-state index contributed by atoms with van der Waals surface area (Å²) < 4.78 is 25.9. The van der Waals surface area contributed by atoms with Gasteiger partial charge in [0.2, 0.25) is 0 Å². The Morgan fingerprint density at radius 1 is 1.71 bits per heavy atom. The Hall–Kier alpha value is -0.0600. The van der Waals surface area contributed by atoms with Gasteiger partial charge in [0.05, 0.1) is 0 Å². The van der Waals surface area contributed by atoms with E-state index in [0.717, 1.165) is 5.37 Å². The molecule has 0 spiro atoms. The molecule has 0 aliphatic rings. The van der Waals surface area contributed by atoms with Crippen LogP contribution in [0.4, 0.5) is 0 Å². The van der Waals surface area contributed by atoms with E-state index in [2.05, 4.69) is 0 Å². The summed E-state index contributed by atoms with van der Waals surface area (Å²) in [5, 5.41) is 0.951. The summed E-state index contributed by atoms with van der Waals surface area (Å²) in [5.41, 5.74) is 0. The van der Waals surface area contributed by atoms with Gasteiger partial charge < -0.3 is 0 Å². The first kappa shape index (κ1) is 6.94. The van der Waals surface area contributed by atoms with Crippen molar-refractivity contribution in [3.8, 4) is 0 Å². The molecule has 0 bridgehead atoms. The van der Waals surface area contributed by atoms with E-state index in [9.17, 15) is 4.21 Å². The van der Waals surface area contributed by atoms with Crippen LogP contribution >= 0.6 is 0 Å². The smallest absolute Gasteiger partial charge is 0.196 e. The Labute approximate surface area is 43.0 Å². The molecule has 0 aliphatic carbocycles. The van der Waals surface area contributed by atoms with Crippen molar-refractivity contribution in [1.29, 1.82) is 0 Å². The van der Waals surface area contributed by atoms with E-state index in [-0.39, 0.29) is 0 Å². The highest BCUT2D eigenvalue weighted by Gasteiger charge is 1.84. The average molecular weight is 124 g/mol. The normalized spacial score (nSPS) is 11.3. The van der Waals surface area contributed by atoms with E-state index in [4.69, 9.17) is 9.11 Å². The van der Waals surface area contributed by atoms with Gasteiger partial charge in [-0.3, -0.25) is 9.11 Å². The summed E-state index contributed by atoms with van der Waals surface area (Å²) in [6.07, 6.45) is 0.409. The minimum atomic E-state index is -3.55. The van der Waals surface area contributed by atoms with Gasteiger partial charge in [-0.05, 0) is 6.42 Å². The van der Waals surface area contributed by atoms with Crippen LogP contribution in [0.25, 0.3) is 0 Å². The molecule has 4 heteroatoms. The van der Waals surface area contributed by atoms with Crippen LogP contribution in [0.15, 0.2) is 0 Å². The van der Waals surface area contributed by atoms with Crippen molar-refractivity contribution >= 4 is 15.5 Å². The summed E-state index contributed by atoms with van der Waals surface area (Å²) in [4.78, 5) is 0. The van der Waals surface area contributed by atoms with Crippen LogP contribution in [0, 0.1) is 0 Å². The first-order valence-corrected chi connectivity index (χ1v) is 3.42. The zero-order valence-corrected chi connectivity index (χ0v) is 4.81. The lowest BCUT2D eigenvalue weighted by molar-refractivity contribution is 0.447. The fourth-order valence-electron chi connectivity index (χ4n) is 0.217. The molecule has 3 nitrogen and oxygen atoms in total. The quantitative estimate of drug-likeness (QED) is 0.498. The van der Waals surface area contributed by atoms with Crippen LogP contribution in [0.1, 0.15) is 13.3 Å². The number of hydrogen-bond donors (Lipinski definition) is 2. The van der Waals surface area contributed by atoms with Crippen molar-refractivity contribution in [2.24, 2.45) is 0 Å². The van der Waals surface area contributed by atoms with Crippen LogP contribution in [-0.4, -0.2) is 18.7 Å². The molecular formula is C3H8O3S. The topological polar surface area (TPSA) is 57.5 Å². The highest BCUT2D eigenvalue weighted by atomic mass is 32.2. The Morgan fingerprint density at radius 2 is 2.14 bits per heavy atom. The van der Waals surface area contributed by atoms with Gasteiger partial charge in [-0.15, -0.1) is 0 Å². The predicted octanol–water partition coefficient (Wildman–Crippen LogP) is 0.429. The Morgan fingerprint density at radius 3 is 2.14 bits per heavy atom. The van der Waals surface area contributed by atoms with Crippen LogP contribution in [0.2, 0.25) is 0 Å². The molecule has 0 radical (unpaired) electrons. The van der Waals surface area contributed by atoms with Crippen LogP contribution in [0.3, 0.4) is 0 Å². The van der Waals surface area contributed by atoms with Crippen molar-refractivity contribution < 1.29 is 13.3 Å². The van der Waals surface area contributed by atoms with Gasteiger partial charge in [0, 0.05) is 5.37 Å². The molecule has 44 valence electrons. The lowest BCUT2D eigenvalue weighted by atomic mass is 10.6. The lowest BCUT2D eigenvalue weighted by Crippen LogP contribution is -1.96. The summed E-state index contributed by atoms with van der Waals surface area (Å²) in [6.45, 7) is 1.67. The summed E-state index contributed by atoms with van der Waals surface area (Å²) in [7, 11) is -3.55. The van der Waals surface area contributed by atoms with Crippen molar-refractivity contribution in [3.63, 3.8) is 0 Å². The van der Waals surface area contributed by atoms with Gasteiger partial charge in [0.25, 0.3) is 0 Å². The Kier molecular flexibility index (Phi) is 2.28. The molecule has 0 aromatic heterocycles. The van der Waals surface area contributed by atoms with Crippen molar-refractivity contribution in [3.05, 3.63) is 0 Å². The summed E-state index contributed by atoms with van der Waals surface area (Å²) in [5.74, 6) is 0. The molecule has 0 aromatic rings. The van der Waals surface area contributed by atoms with Gasteiger partial charge in [0.1, 0.15) is 0 Å². The zero-order valence-electron chi connectivity index (χ0n) is 4.00. The maximum atomic E-state index is 9.84. The largest absolute Gasteiger partial charge is 0.294 e. The van der Waals surface area contributed by atoms with Gasteiger partial charge in [-0.2, -0.15) is 0 Å². The van der Waals surface area contributed by atoms with Crippen molar-refractivity contribution in [2.45, 2.75) is 13.3 Å². The molecule has 7 heavy (non-hydrogen) atoms. The van der Waals surface area contributed by atoms with E-state index >= 15 is 0 Å². The highest BCUT2D eigenvalue weighted by molar-refractivity contribution is 7.90. The van der Waals surface area contributed by atoms with E-state index < -0.39 is 10.1 Å². The molecule has 0 aromatic carbocycles. The monoisotopic (exact) mass is 124 g/mol. The van der Waals surface area contributed by atoms with Gasteiger partial charge in [0.15, 0.2) is 10.1 Å². The van der Waals surface area contributed by atoms with Gasteiger partial charge >= 0.3 is 0 Å². The first-order chi connectivity index (χ1) is 3.06. The third-order valence-electron chi connectivity index (χ3n) is 0.384. The molecular weight excluding hydrogens is 116 g/mol. The number of hydrogen-bond acceptors (Lipinski definition) is 1. The van der Waals surface area contributed by atoms with Crippen LogP contribution in [-0.2, 0) is 10.1 Å². The Balaban J connectivity index is 4.02. The van der Waals surface area contributed by atoms with E-state index in [1.54, 1.807) is 6.92 Å². The average Bonchev–Trinajstić information content (AvgIpc) is 1.30. The molecule has 0 saturated heterocycles. The standard InChI is InChI=1S/C3H8O3S/c1-2-3-7(4,5)6/h3H,2H2,1H3,(H2,4,5,6). The van der Waals surface area contributed by atoms with E-state index in [1.165, 1.54) is 0 Å². The maximum absolute atomic E-state index is 9.84. The van der Waals surface area contributed by atoms with Gasteiger partial charge in [-0.25, -0.2) is 4.21 Å². The van der Waals surface area contributed by atoms with E-state index in [0.29, 0.717) is 6.42 Å². The summed E-state index contributed by atoms with van der Waals surface area (Å²) >= 11 is 0. The maximum Gasteiger partial charge on any atom is 0.196 e. The fraction of sp³-hybridized carbons (Fsp3) is 0.667. The van der Waals surface area contributed by atoms with Crippen LogP contribution < -0.4 is 0 Å². The SMILES string of the molecule is CCC=S(=O)(O)O. The summed E-state index contributed by atoms with van der Waals surface area (Å²) in [6, 6.07) is 0. The molecule has 0 heterocycles. The lowest BCUT2D eigenvalue weighted by Gasteiger charge is -1.85. The van der Waals surface area contributed by atoms with E-state index in [1.807, 2.05) is 0 Å². The highest BCUT2D eigenvalue weighted by Crippen LogP contribution is 1.74. The first-order valence-electron chi connectivity index (χ1n) is 1.88. The molecule has 0 atom stereocenters. The second kappa shape index (κ2) is 2.30. The molecule has 2 N–H and O–H groups in total. The Bertz CT molecular complexity index is 134. The fourth-order valence-corrected chi connectivity index (χ4v) is 0.651. The minimum Gasteiger partial charge on any atom is -0.294 e. The van der Waals surface area contributed by atoms with Crippen LogP contribution in [0.5, 0.6) is 0 Å². The molecule has 0 saturated carbocycles. The third kappa shape index (κ3) is 5.94. The molecule has 0 unspecified atom stereocenters. The molecule has 0 rings (SSSR count). The van der Waals surface area contributed by atoms with Crippen molar-refractivity contribution in [2.75, 3.05) is 0 Å². The minimum absolute atomic E-state index is 0.409.